The van der Waals surface area contributed by atoms with Gasteiger partial charge in [-0.3, -0.25) is 9.69 Å². The summed E-state index contributed by atoms with van der Waals surface area (Å²) in [5.74, 6) is 0.342. The second kappa shape index (κ2) is 9.30. The minimum Gasteiger partial charge on any atom is -0.390 e. The number of amides is 1. The van der Waals surface area contributed by atoms with Gasteiger partial charge < -0.3 is 21.1 Å². The molecule has 0 aliphatic carbocycles. The van der Waals surface area contributed by atoms with Gasteiger partial charge in [-0.2, -0.15) is 5.10 Å². The number of carbonyl (C=O) groups is 1. The van der Waals surface area contributed by atoms with E-state index in [1.54, 1.807) is 6.07 Å². The molecule has 1 fully saturated rings. The van der Waals surface area contributed by atoms with Crippen LogP contribution in [0.1, 0.15) is 27.9 Å². The van der Waals surface area contributed by atoms with E-state index in [0.717, 1.165) is 39.0 Å². The summed E-state index contributed by atoms with van der Waals surface area (Å²) in [7, 11) is 0. The predicted molar refractivity (Wildman–Crippen MR) is 111 cm³/mol. The number of rotatable bonds is 7. The summed E-state index contributed by atoms with van der Waals surface area (Å²) in [5.41, 5.74) is 3.14. The number of hydrogen-bond donors (Lipinski definition) is 4. The van der Waals surface area contributed by atoms with E-state index in [4.69, 9.17) is 0 Å². The minimum absolute atomic E-state index is 0.203. The number of nitrogens with zero attached hydrogens (tertiary/aromatic N) is 3. The van der Waals surface area contributed by atoms with Crippen molar-refractivity contribution in [2.75, 3.05) is 38.0 Å². The SMILES string of the molecule is O=C(NC[C@H](O)CN1CCc2ccccc2C1)c1cnnc(NC2CCNC2)c1. The fraction of sp³-hybridized carbons (Fsp3) is 0.476. The first-order valence-electron chi connectivity index (χ1n) is 10.2. The molecule has 2 aromatic rings. The number of β-amino-alcohol motifs (C(OH)–C–C–N with tert-alkyl or cyclic N) is 1. The molecule has 0 spiro atoms. The van der Waals surface area contributed by atoms with Crippen molar-refractivity contribution in [2.24, 2.45) is 0 Å². The van der Waals surface area contributed by atoms with E-state index in [1.165, 1.54) is 17.3 Å². The van der Waals surface area contributed by atoms with Crippen LogP contribution in [0.25, 0.3) is 0 Å². The van der Waals surface area contributed by atoms with E-state index in [1.807, 2.05) is 6.07 Å². The summed E-state index contributed by atoms with van der Waals surface area (Å²) in [5, 5.41) is 27.7. The molecule has 4 rings (SSSR count). The van der Waals surface area contributed by atoms with Crippen LogP contribution in [-0.4, -0.2) is 71.0 Å². The lowest BCUT2D eigenvalue weighted by Gasteiger charge is -2.30. The average molecular weight is 396 g/mol. The van der Waals surface area contributed by atoms with Gasteiger partial charge in [-0.05, 0) is 36.6 Å². The lowest BCUT2D eigenvalue weighted by molar-refractivity contribution is 0.0841. The largest absolute Gasteiger partial charge is 0.390 e. The smallest absolute Gasteiger partial charge is 0.253 e. The number of aliphatic hydroxyl groups excluding tert-OH is 1. The van der Waals surface area contributed by atoms with Crippen molar-refractivity contribution in [3.05, 3.63) is 53.2 Å². The molecule has 3 heterocycles. The van der Waals surface area contributed by atoms with Gasteiger partial charge in [0.1, 0.15) is 5.82 Å². The van der Waals surface area contributed by atoms with Crippen LogP contribution in [0.5, 0.6) is 0 Å². The van der Waals surface area contributed by atoms with Crippen molar-refractivity contribution in [3.8, 4) is 0 Å². The maximum atomic E-state index is 12.5. The first kappa shape index (κ1) is 19.8. The number of anilines is 1. The molecule has 1 unspecified atom stereocenters. The molecule has 1 aromatic carbocycles. The molecular weight excluding hydrogens is 368 g/mol. The molecule has 4 N–H and O–H groups in total. The van der Waals surface area contributed by atoms with Crippen LogP contribution >= 0.6 is 0 Å². The van der Waals surface area contributed by atoms with Gasteiger partial charge in [0.15, 0.2) is 0 Å². The fourth-order valence-electron chi connectivity index (χ4n) is 3.93. The quantitative estimate of drug-likeness (QED) is 0.537. The minimum atomic E-state index is -0.624. The molecule has 2 atom stereocenters. The Morgan fingerprint density at radius 3 is 3.03 bits per heavy atom. The normalized spacial score (nSPS) is 20.1. The van der Waals surface area contributed by atoms with Crippen LogP contribution in [0.3, 0.4) is 0 Å². The zero-order valence-corrected chi connectivity index (χ0v) is 16.5. The molecule has 2 aliphatic rings. The van der Waals surface area contributed by atoms with Crippen molar-refractivity contribution in [1.29, 1.82) is 0 Å². The Balaban J connectivity index is 1.25. The molecule has 2 aliphatic heterocycles. The van der Waals surface area contributed by atoms with Gasteiger partial charge in [-0.25, -0.2) is 0 Å². The Labute approximate surface area is 170 Å². The Morgan fingerprint density at radius 2 is 2.21 bits per heavy atom. The van der Waals surface area contributed by atoms with E-state index in [0.29, 0.717) is 24.0 Å². The Hall–Kier alpha value is -2.55. The van der Waals surface area contributed by atoms with Crippen LogP contribution in [0.4, 0.5) is 5.82 Å². The Bertz CT molecular complexity index is 839. The summed E-state index contributed by atoms with van der Waals surface area (Å²) in [4.78, 5) is 14.7. The lowest BCUT2D eigenvalue weighted by atomic mass is 10.00. The molecule has 29 heavy (non-hydrogen) atoms. The average Bonchev–Trinajstić information content (AvgIpc) is 3.25. The topological polar surface area (TPSA) is 102 Å². The first-order valence-corrected chi connectivity index (χ1v) is 10.2. The third kappa shape index (κ3) is 5.29. The number of fused-ring (bicyclic) bond motifs is 1. The Kier molecular flexibility index (Phi) is 6.33. The van der Waals surface area contributed by atoms with E-state index >= 15 is 0 Å². The monoisotopic (exact) mass is 396 g/mol. The highest BCUT2D eigenvalue weighted by molar-refractivity contribution is 5.94. The molecule has 0 bridgehead atoms. The second-order valence-corrected chi connectivity index (χ2v) is 7.78. The highest BCUT2D eigenvalue weighted by Crippen LogP contribution is 2.18. The predicted octanol–water partition coefficient (Wildman–Crippen LogP) is 0.399. The molecular formula is C21H28N6O2. The van der Waals surface area contributed by atoms with Crippen molar-refractivity contribution < 1.29 is 9.90 Å². The van der Waals surface area contributed by atoms with Gasteiger partial charge in [-0.1, -0.05) is 24.3 Å². The zero-order chi connectivity index (χ0) is 20.1. The molecule has 1 saturated heterocycles. The van der Waals surface area contributed by atoms with Gasteiger partial charge in [0.25, 0.3) is 5.91 Å². The highest BCUT2D eigenvalue weighted by Gasteiger charge is 2.19. The number of aliphatic hydroxyl groups is 1. The first-order chi connectivity index (χ1) is 14.2. The standard InChI is InChI=1S/C21H28N6O2/c28-19(14-27-8-6-15-3-1-2-4-16(15)13-27)12-23-21(29)17-9-20(26-24-10-17)25-18-5-7-22-11-18/h1-4,9-10,18-19,22,28H,5-8,11-14H2,(H,23,29)(H,25,26)/t18?,19-/m0/s1. The van der Waals surface area contributed by atoms with Gasteiger partial charge in [0.2, 0.25) is 0 Å². The maximum absolute atomic E-state index is 12.5. The number of benzene rings is 1. The van der Waals surface area contributed by atoms with Crippen LogP contribution < -0.4 is 16.0 Å². The summed E-state index contributed by atoms with van der Waals surface area (Å²) >= 11 is 0. The molecule has 0 saturated carbocycles. The molecule has 154 valence electrons. The highest BCUT2D eigenvalue weighted by atomic mass is 16.3. The van der Waals surface area contributed by atoms with E-state index in [9.17, 15) is 9.90 Å². The molecule has 8 nitrogen and oxygen atoms in total. The van der Waals surface area contributed by atoms with Crippen LogP contribution in [0.15, 0.2) is 36.5 Å². The van der Waals surface area contributed by atoms with E-state index in [2.05, 4.69) is 49.2 Å². The number of carbonyl (C=O) groups excluding carboxylic acids is 1. The van der Waals surface area contributed by atoms with E-state index in [-0.39, 0.29) is 12.5 Å². The van der Waals surface area contributed by atoms with Crippen LogP contribution in [0.2, 0.25) is 0 Å². The molecule has 8 heteroatoms. The molecule has 1 amide bonds. The van der Waals surface area contributed by atoms with Crippen molar-refractivity contribution in [1.82, 2.24) is 25.7 Å². The molecule has 1 aromatic heterocycles. The van der Waals surface area contributed by atoms with Gasteiger partial charge in [0, 0.05) is 38.8 Å². The Morgan fingerprint density at radius 1 is 1.34 bits per heavy atom. The van der Waals surface area contributed by atoms with Crippen molar-refractivity contribution in [3.63, 3.8) is 0 Å². The van der Waals surface area contributed by atoms with Gasteiger partial charge >= 0.3 is 0 Å². The second-order valence-electron chi connectivity index (χ2n) is 7.78. The number of aromatic nitrogens is 2. The zero-order valence-electron chi connectivity index (χ0n) is 16.5. The summed E-state index contributed by atoms with van der Waals surface area (Å²) < 4.78 is 0. The lowest BCUT2D eigenvalue weighted by Crippen LogP contribution is -2.42. The van der Waals surface area contributed by atoms with Crippen molar-refractivity contribution >= 4 is 11.7 Å². The van der Waals surface area contributed by atoms with Gasteiger partial charge in [-0.15, -0.1) is 5.10 Å². The van der Waals surface area contributed by atoms with Gasteiger partial charge in [0.05, 0.1) is 17.9 Å². The number of hydrogen-bond acceptors (Lipinski definition) is 7. The van der Waals surface area contributed by atoms with Crippen molar-refractivity contribution in [2.45, 2.75) is 31.5 Å². The summed E-state index contributed by atoms with van der Waals surface area (Å²) in [6.45, 7) is 4.35. The molecule has 0 radical (unpaired) electrons. The van der Waals surface area contributed by atoms with Crippen LogP contribution in [-0.2, 0) is 13.0 Å². The van der Waals surface area contributed by atoms with Crippen LogP contribution in [0, 0.1) is 0 Å². The third-order valence-corrected chi connectivity index (χ3v) is 5.51. The maximum Gasteiger partial charge on any atom is 0.253 e. The third-order valence-electron chi connectivity index (χ3n) is 5.51. The van der Waals surface area contributed by atoms with E-state index < -0.39 is 6.10 Å². The fourth-order valence-corrected chi connectivity index (χ4v) is 3.93. The number of nitrogens with one attached hydrogen (secondary N) is 3. The summed E-state index contributed by atoms with van der Waals surface area (Å²) in [6.07, 6.45) is 2.83. The summed E-state index contributed by atoms with van der Waals surface area (Å²) in [6, 6.07) is 10.4.